The second-order valence-corrected chi connectivity index (χ2v) is 7.70. The Balaban J connectivity index is 1.45. The Labute approximate surface area is 158 Å². The first kappa shape index (κ1) is 16.7. The molecule has 3 aliphatic rings. The monoisotopic (exact) mass is 367 g/mol. The largest absolute Gasteiger partial charge is 0.493 e. The summed E-state index contributed by atoms with van der Waals surface area (Å²) in [5, 5.41) is 8.63. The minimum absolute atomic E-state index is 0.172. The Morgan fingerprint density at radius 3 is 2.89 bits per heavy atom. The van der Waals surface area contributed by atoms with Gasteiger partial charge in [-0.15, -0.1) is 10.2 Å². The summed E-state index contributed by atoms with van der Waals surface area (Å²) in [5.74, 6) is 2.85. The molecule has 0 radical (unpaired) electrons. The molecule has 1 amide bonds. The summed E-state index contributed by atoms with van der Waals surface area (Å²) in [7, 11) is 0. The van der Waals surface area contributed by atoms with Gasteiger partial charge in [0.1, 0.15) is 11.6 Å². The van der Waals surface area contributed by atoms with Crippen molar-refractivity contribution in [3.05, 3.63) is 41.0 Å². The number of likely N-dealkylation sites (tertiary alicyclic amines) is 1. The second-order valence-electron chi connectivity index (χ2n) is 7.70. The van der Waals surface area contributed by atoms with E-state index in [9.17, 15) is 4.79 Å². The molecule has 1 saturated heterocycles. The van der Waals surface area contributed by atoms with Crippen LogP contribution < -0.4 is 4.74 Å². The van der Waals surface area contributed by atoms with Crippen LogP contribution in [0.3, 0.4) is 0 Å². The van der Waals surface area contributed by atoms with Gasteiger partial charge >= 0.3 is 0 Å². The zero-order valence-electron chi connectivity index (χ0n) is 15.7. The van der Waals surface area contributed by atoms with E-state index >= 15 is 0 Å². The molecule has 7 nitrogen and oxygen atoms in total. The van der Waals surface area contributed by atoms with Gasteiger partial charge in [-0.3, -0.25) is 9.69 Å². The summed E-state index contributed by atoms with van der Waals surface area (Å²) in [6, 6.07) is 6.06. The van der Waals surface area contributed by atoms with E-state index < -0.39 is 0 Å². The molecule has 7 heteroatoms. The molecule has 2 aromatic rings. The van der Waals surface area contributed by atoms with Crippen LogP contribution in [0.15, 0.2) is 18.2 Å². The number of aromatic nitrogens is 3. The Morgan fingerprint density at radius 1 is 1.19 bits per heavy atom. The van der Waals surface area contributed by atoms with Crippen molar-refractivity contribution in [1.29, 1.82) is 0 Å². The number of fused-ring (bicyclic) bond motifs is 2. The van der Waals surface area contributed by atoms with E-state index in [2.05, 4.69) is 37.9 Å². The molecule has 5 rings (SSSR count). The summed E-state index contributed by atoms with van der Waals surface area (Å²) in [5.41, 5.74) is 2.49. The van der Waals surface area contributed by atoms with Gasteiger partial charge in [0, 0.05) is 39.1 Å². The highest BCUT2D eigenvalue weighted by atomic mass is 16.5. The summed E-state index contributed by atoms with van der Waals surface area (Å²) in [4.78, 5) is 17.6. The van der Waals surface area contributed by atoms with Crippen LogP contribution in [0.5, 0.6) is 5.75 Å². The molecule has 3 aliphatic heterocycles. The first-order chi connectivity index (χ1) is 13.2. The van der Waals surface area contributed by atoms with E-state index in [1.165, 1.54) is 11.1 Å². The van der Waals surface area contributed by atoms with E-state index in [1.54, 1.807) is 0 Å². The lowest BCUT2D eigenvalue weighted by molar-refractivity contribution is -0.137. The van der Waals surface area contributed by atoms with Gasteiger partial charge in [-0.05, 0) is 37.0 Å². The van der Waals surface area contributed by atoms with Crippen LogP contribution in [0.1, 0.15) is 41.7 Å². The van der Waals surface area contributed by atoms with Gasteiger partial charge in [-0.1, -0.05) is 12.1 Å². The average molecular weight is 367 g/mol. The van der Waals surface area contributed by atoms with Gasteiger partial charge in [0.2, 0.25) is 5.91 Å². The first-order valence-corrected chi connectivity index (χ1v) is 9.88. The van der Waals surface area contributed by atoms with Crippen LogP contribution >= 0.6 is 0 Å². The van der Waals surface area contributed by atoms with Crippen LogP contribution in [-0.2, 0) is 24.3 Å². The number of benzene rings is 1. The Morgan fingerprint density at radius 2 is 2.04 bits per heavy atom. The molecule has 4 heterocycles. The number of hydrogen-bond donors (Lipinski definition) is 0. The summed E-state index contributed by atoms with van der Waals surface area (Å²) >= 11 is 0. The number of hydrogen-bond acceptors (Lipinski definition) is 5. The maximum Gasteiger partial charge on any atom is 0.247 e. The van der Waals surface area contributed by atoms with Crippen molar-refractivity contribution in [1.82, 2.24) is 24.6 Å². The number of ether oxygens (including phenoxy) is 1. The highest BCUT2D eigenvalue weighted by molar-refractivity contribution is 5.83. The van der Waals surface area contributed by atoms with Crippen molar-refractivity contribution < 1.29 is 9.53 Å². The lowest BCUT2D eigenvalue weighted by Crippen LogP contribution is -2.47. The smallest absolute Gasteiger partial charge is 0.247 e. The predicted octanol–water partition coefficient (Wildman–Crippen LogP) is 1.70. The van der Waals surface area contributed by atoms with Gasteiger partial charge in [-0.25, -0.2) is 0 Å². The molecule has 0 saturated carbocycles. The van der Waals surface area contributed by atoms with Crippen molar-refractivity contribution in [2.45, 2.75) is 45.3 Å². The number of nitrogens with zero attached hydrogens (tertiary/aromatic N) is 5. The quantitative estimate of drug-likeness (QED) is 0.826. The minimum atomic E-state index is -0.345. The van der Waals surface area contributed by atoms with Crippen molar-refractivity contribution in [3.63, 3.8) is 0 Å². The van der Waals surface area contributed by atoms with Crippen LogP contribution in [0, 0.1) is 6.92 Å². The number of aryl methyl sites for hydroxylation is 1. The summed E-state index contributed by atoms with van der Waals surface area (Å²) < 4.78 is 7.73. The molecular formula is C20H25N5O2. The molecule has 1 atom stereocenters. The van der Waals surface area contributed by atoms with Crippen LogP contribution in [-0.4, -0.2) is 56.7 Å². The standard InChI is InChI=1S/C20H25N5O2/c1-14-21-22-19-18(20(26)23-7-2-3-8-23)24(9-10-25(14)19)13-15-4-5-17-16(12-15)6-11-27-17/h4-5,12,18H,2-3,6-11,13H2,1H3. The zero-order chi connectivity index (χ0) is 18.4. The van der Waals surface area contributed by atoms with E-state index in [0.29, 0.717) is 0 Å². The van der Waals surface area contributed by atoms with Gasteiger partial charge in [-0.2, -0.15) is 0 Å². The Hall–Kier alpha value is -2.41. The number of rotatable bonds is 3. The fraction of sp³-hybridized carbons (Fsp3) is 0.550. The highest BCUT2D eigenvalue weighted by Gasteiger charge is 2.39. The number of carbonyl (C=O) groups is 1. The molecule has 142 valence electrons. The number of amides is 1. The molecule has 1 fully saturated rings. The third-order valence-electron chi connectivity index (χ3n) is 5.98. The fourth-order valence-corrected chi connectivity index (χ4v) is 4.52. The fourth-order valence-electron chi connectivity index (χ4n) is 4.52. The van der Waals surface area contributed by atoms with Gasteiger partial charge < -0.3 is 14.2 Å². The van der Waals surface area contributed by atoms with Gasteiger partial charge in [0.15, 0.2) is 11.9 Å². The molecule has 0 aliphatic carbocycles. The third kappa shape index (κ3) is 2.90. The van der Waals surface area contributed by atoms with Crippen molar-refractivity contribution in [3.8, 4) is 5.75 Å². The van der Waals surface area contributed by atoms with Crippen LogP contribution in [0.25, 0.3) is 0 Å². The van der Waals surface area contributed by atoms with Crippen molar-refractivity contribution >= 4 is 5.91 Å². The van der Waals surface area contributed by atoms with E-state index in [1.807, 2.05) is 11.8 Å². The summed E-state index contributed by atoms with van der Waals surface area (Å²) in [6.07, 6.45) is 3.15. The van der Waals surface area contributed by atoms with Crippen LogP contribution in [0.2, 0.25) is 0 Å². The zero-order valence-corrected chi connectivity index (χ0v) is 15.7. The predicted molar refractivity (Wildman–Crippen MR) is 99.4 cm³/mol. The molecule has 27 heavy (non-hydrogen) atoms. The SMILES string of the molecule is Cc1nnc2n1CCN(Cc1ccc3c(c1)CCO3)C2C(=O)N1CCCC1. The maximum absolute atomic E-state index is 13.3. The molecule has 0 spiro atoms. The average Bonchev–Trinajstić information content (AvgIpc) is 3.42. The van der Waals surface area contributed by atoms with Crippen molar-refractivity contribution in [2.75, 3.05) is 26.2 Å². The van der Waals surface area contributed by atoms with E-state index in [-0.39, 0.29) is 11.9 Å². The highest BCUT2D eigenvalue weighted by Crippen LogP contribution is 2.31. The minimum Gasteiger partial charge on any atom is -0.493 e. The summed E-state index contributed by atoms with van der Waals surface area (Å²) in [6.45, 7) is 6.82. The molecule has 1 aromatic heterocycles. The van der Waals surface area contributed by atoms with Gasteiger partial charge in [0.25, 0.3) is 0 Å². The lowest BCUT2D eigenvalue weighted by Gasteiger charge is -2.36. The third-order valence-corrected chi connectivity index (χ3v) is 5.98. The normalized spacial score (nSPS) is 21.8. The Kier molecular flexibility index (Phi) is 4.11. The molecule has 1 aromatic carbocycles. The number of carbonyl (C=O) groups excluding carboxylic acids is 1. The molecular weight excluding hydrogens is 342 g/mol. The lowest BCUT2D eigenvalue weighted by atomic mass is 10.1. The first-order valence-electron chi connectivity index (χ1n) is 9.88. The Bertz CT molecular complexity index is 871. The maximum atomic E-state index is 13.3. The topological polar surface area (TPSA) is 63.5 Å². The van der Waals surface area contributed by atoms with Crippen molar-refractivity contribution in [2.24, 2.45) is 0 Å². The molecule has 1 unspecified atom stereocenters. The van der Waals surface area contributed by atoms with Gasteiger partial charge in [0.05, 0.1) is 6.61 Å². The van der Waals surface area contributed by atoms with E-state index in [0.717, 1.165) is 76.0 Å². The second kappa shape index (κ2) is 6.64. The molecule has 0 bridgehead atoms. The molecule has 0 N–H and O–H groups in total. The van der Waals surface area contributed by atoms with E-state index in [4.69, 9.17) is 4.74 Å². The van der Waals surface area contributed by atoms with Crippen LogP contribution in [0.4, 0.5) is 0 Å².